The predicted molar refractivity (Wildman–Crippen MR) is 94.4 cm³/mol. The normalized spacial score (nSPS) is 27.5. The summed E-state index contributed by atoms with van der Waals surface area (Å²) in [5.74, 6) is -0.00622. The Balaban J connectivity index is 1.19. The molecule has 0 spiro atoms. The zero-order valence-electron chi connectivity index (χ0n) is 14.6. The fourth-order valence-electron chi connectivity index (χ4n) is 4.22. The molecule has 0 aromatic heterocycles. The average molecular weight is 328 g/mol. The summed E-state index contributed by atoms with van der Waals surface area (Å²) < 4.78 is 10.6. The fraction of sp³-hybridized carbons (Fsp3) is 0.571. The third-order valence-electron chi connectivity index (χ3n) is 5.43. The van der Waals surface area contributed by atoms with Gasteiger partial charge in [-0.05, 0) is 49.5 Å². The lowest BCUT2D eigenvalue weighted by Gasteiger charge is -2.67. The second-order valence-corrected chi connectivity index (χ2v) is 7.45. The van der Waals surface area contributed by atoms with Crippen LogP contribution < -0.4 is 0 Å². The lowest BCUT2D eigenvalue weighted by Crippen LogP contribution is -2.64. The molecule has 0 N–H and O–H groups in total. The van der Waals surface area contributed by atoms with Gasteiger partial charge in [0.1, 0.15) is 0 Å². The van der Waals surface area contributed by atoms with Crippen molar-refractivity contribution in [2.45, 2.75) is 51.6 Å². The number of ether oxygens (including phenoxy) is 2. The van der Waals surface area contributed by atoms with Crippen LogP contribution in [-0.2, 0) is 20.9 Å². The van der Waals surface area contributed by atoms with Crippen LogP contribution in [0.25, 0.3) is 0 Å². The Morgan fingerprint density at radius 3 is 2.58 bits per heavy atom. The molecule has 0 radical (unpaired) electrons. The maximum absolute atomic E-state index is 11.6. The second kappa shape index (κ2) is 7.52. The molecule has 2 bridgehead atoms. The lowest BCUT2D eigenvalue weighted by molar-refractivity contribution is -0.208. The van der Waals surface area contributed by atoms with Crippen molar-refractivity contribution >= 4 is 5.97 Å². The zero-order chi connectivity index (χ0) is 16.9. The standard InChI is InChI=1S/C21H28O3/c1-23-19(22)21-15-20(16-21,17-21)12-8-3-2-4-9-13-24-14-18-10-6-5-7-11-18/h5-8,10-12H,2-4,9,13-17H2,1H3/b12-8+. The van der Waals surface area contributed by atoms with Crippen molar-refractivity contribution in [2.75, 3.05) is 13.7 Å². The van der Waals surface area contributed by atoms with Crippen molar-refractivity contribution < 1.29 is 14.3 Å². The first-order chi connectivity index (χ1) is 11.7. The van der Waals surface area contributed by atoms with Crippen LogP contribution in [0.2, 0.25) is 0 Å². The Labute approximate surface area is 145 Å². The molecule has 4 rings (SSSR count). The molecule has 3 aliphatic rings. The maximum Gasteiger partial charge on any atom is 0.311 e. The van der Waals surface area contributed by atoms with E-state index in [4.69, 9.17) is 9.47 Å². The Bertz CT molecular complexity index is 556. The molecule has 3 heteroatoms. The molecule has 0 unspecified atom stereocenters. The van der Waals surface area contributed by atoms with Gasteiger partial charge in [-0.15, -0.1) is 0 Å². The van der Waals surface area contributed by atoms with E-state index < -0.39 is 0 Å². The van der Waals surface area contributed by atoms with Crippen molar-refractivity contribution in [1.29, 1.82) is 0 Å². The van der Waals surface area contributed by atoms with E-state index in [9.17, 15) is 4.79 Å². The molecule has 3 fully saturated rings. The maximum atomic E-state index is 11.6. The van der Waals surface area contributed by atoms with E-state index in [0.29, 0.717) is 12.0 Å². The van der Waals surface area contributed by atoms with Gasteiger partial charge >= 0.3 is 5.97 Å². The van der Waals surface area contributed by atoms with Crippen LogP contribution in [0.15, 0.2) is 42.5 Å². The van der Waals surface area contributed by atoms with Crippen molar-refractivity contribution in [2.24, 2.45) is 10.8 Å². The number of esters is 1. The number of carbonyl (C=O) groups excluding carboxylic acids is 1. The van der Waals surface area contributed by atoms with Crippen LogP contribution in [0.5, 0.6) is 0 Å². The van der Waals surface area contributed by atoms with Crippen LogP contribution in [0, 0.1) is 10.8 Å². The number of hydrogen-bond donors (Lipinski definition) is 0. The number of methoxy groups -OCH3 is 1. The molecule has 130 valence electrons. The van der Waals surface area contributed by atoms with Gasteiger partial charge in [0.05, 0.1) is 19.1 Å². The van der Waals surface area contributed by atoms with Gasteiger partial charge in [-0.1, -0.05) is 48.9 Å². The third-order valence-corrected chi connectivity index (χ3v) is 5.43. The number of allylic oxidation sites excluding steroid dienone is 2. The number of unbranched alkanes of at least 4 members (excludes halogenated alkanes) is 3. The van der Waals surface area contributed by atoms with Crippen LogP contribution in [0.4, 0.5) is 0 Å². The van der Waals surface area contributed by atoms with E-state index in [1.807, 2.05) is 18.2 Å². The minimum Gasteiger partial charge on any atom is -0.469 e. The quantitative estimate of drug-likeness (QED) is 0.356. The molecule has 0 saturated heterocycles. The smallest absolute Gasteiger partial charge is 0.311 e. The first-order valence-corrected chi connectivity index (χ1v) is 9.06. The van der Waals surface area contributed by atoms with Crippen LogP contribution in [-0.4, -0.2) is 19.7 Å². The predicted octanol–water partition coefficient (Wildman–Crippen LogP) is 4.66. The summed E-state index contributed by atoms with van der Waals surface area (Å²) in [6.07, 6.45) is 12.3. The highest BCUT2D eigenvalue weighted by Gasteiger charge is 2.70. The minimum absolute atomic E-state index is 0.00622. The van der Waals surface area contributed by atoms with E-state index in [0.717, 1.165) is 38.7 Å². The highest BCUT2D eigenvalue weighted by atomic mass is 16.5. The third kappa shape index (κ3) is 3.72. The molecule has 3 nitrogen and oxygen atoms in total. The zero-order valence-corrected chi connectivity index (χ0v) is 14.6. The van der Waals surface area contributed by atoms with Gasteiger partial charge in [-0.3, -0.25) is 4.79 Å². The summed E-state index contributed by atoms with van der Waals surface area (Å²) in [4.78, 5) is 11.6. The largest absolute Gasteiger partial charge is 0.469 e. The first kappa shape index (κ1) is 17.2. The Kier molecular flexibility index (Phi) is 5.40. The van der Waals surface area contributed by atoms with Crippen LogP contribution in [0.3, 0.4) is 0 Å². The lowest BCUT2D eigenvalue weighted by atomic mass is 9.35. The summed E-state index contributed by atoms with van der Waals surface area (Å²) in [5.41, 5.74) is 1.45. The van der Waals surface area contributed by atoms with Gasteiger partial charge in [-0.25, -0.2) is 0 Å². The number of rotatable bonds is 10. The topological polar surface area (TPSA) is 35.5 Å². The monoisotopic (exact) mass is 328 g/mol. The molecule has 1 aromatic carbocycles. The molecule has 3 saturated carbocycles. The average Bonchev–Trinajstić information content (AvgIpc) is 2.54. The summed E-state index contributed by atoms with van der Waals surface area (Å²) in [6, 6.07) is 10.3. The highest BCUT2D eigenvalue weighted by molar-refractivity contribution is 5.81. The SMILES string of the molecule is COC(=O)C12CC(/C=C/CCCCCOCc3ccccc3)(C1)C2. The van der Waals surface area contributed by atoms with Gasteiger partial charge in [-0.2, -0.15) is 0 Å². The first-order valence-electron chi connectivity index (χ1n) is 9.06. The van der Waals surface area contributed by atoms with E-state index in [-0.39, 0.29) is 11.4 Å². The van der Waals surface area contributed by atoms with Gasteiger partial charge in [0.2, 0.25) is 0 Å². The van der Waals surface area contributed by atoms with Gasteiger partial charge in [0.25, 0.3) is 0 Å². The van der Waals surface area contributed by atoms with E-state index in [1.165, 1.54) is 25.5 Å². The van der Waals surface area contributed by atoms with Crippen LogP contribution >= 0.6 is 0 Å². The summed E-state index contributed by atoms with van der Waals surface area (Å²) >= 11 is 0. The van der Waals surface area contributed by atoms with Crippen LogP contribution in [0.1, 0.15) is 50.5 Å². The number of benzene rings is 1. The van der Waals surface area contributed by atoms with Crippen molar-refractivity contribution in [3.63, 3.8) is 0 Å². The van der Waals surface area contributed by atoms with Crippen molar-refractivity contribution in [1.82, 2.24) is 0 Å². The fourth-order valence-corrected chi connectivity index (χ4v) is 4.22. The molecule has 0 heterocycles. The summed E-state index contributed by atoms with van der Waals surface area (Å²) in [7, 11) is 1.49. The van der Waals surface area contributed by atoms with Crippen molar-refractivity contribution in [3.8, 4) is 0 Å². The summed E-state index contributed by atoms with van der Waals surface area (Å²) in [6.45, 7) is 1.55. The number of hydrogen-bond acceptors (Lipinski definition) is 3. The minimum atomic E-state index is -0.116. The number of carbonyl (C=O) groups is 1. The molecule has 0 aliphatic heterocycles. The van der Waals surface area contributed by atoms with Crippen molar-refractivity contribution in [3.05, 3.63) is 48.0 Å². The molecule has 1 aromatic rings. The Morgan fingerprint density at radius 2 is 1.88 bits per heavy atom. The van der Waals surface area contributed by atoms with E-state index in [1.54, 1.807) is 0 Å². The van der Waals surface area contributed by atoms with Gasteiger partial charge in [0, 0.05) is 6.61 Å². The van der Waals surface area contributed by atoms with Gasteiger partial charge in [0.15, 0.2) is 0 Å². The molecular formula is C21H28O3. The van der Waals surface area contributed by atoms with E-state index in [2.05, 4.69) is 24.3 Å². The summed E-state index contributed by atoms with van der Waals surface area (Å²) in [5, 5.41) is 0. The molecular weight excluding hydrogens is 300 g/mol. The Morgan fingerprint density at radius 1 is 1.12 bits per heavy atom. The molecule has 24 heavy (non-hydrogen) atoms. The Hall–Kier alpha value is -1.61. The second-order valence-electron chi connectivity index (χ2n) is 7.45. The molecule has 0 atom stereocenters. The van der Waals surface area contributed by atoms with Gasteiger partial charge < -0.3 is 9.47 Å². The molecule has 3 aliphatic carbocycles. The highest BCUT2D eigenvalue weighted by Crippen LogP contribution is 2.74. The molecule has 0 amide bonds. The van der Waals surface area contributed by atoms with E-state index >= 15 is 0 Å².